The van der Waals surface area contributed by atoms with E-state index in [1.807, 2.05) is 20.0 Å². The number of carbonyl (C=O) groups is 2. The maximum Gasteiger partial charge on any atom is 0.340 e. The summed E-state index contributed by atoms with van der Waals surface area (Å²) in [6.45, 7) is 9.50. The summed E-state index contributed by atoms with van der Waals surface area (Å²) in [5, 5.41) is 0.739. The lowest BCUT2D eigenvalue weighted by Gasteiger charge is -2.30. The highest BCUT2D eigenvalue weighted by Crippen LogP contribution is 2.35. The number of nitrogens with one attached hydrogen (secondary N) is 2. The van der Waals surface area contributed by atoms with Gasteiger partial charge >= 0.3 is 11.9 Å². The maximum atomic E-state index is 13.0. The summed E-state index contributed by atoms with van der Waals surface area (Å²) in [5.41, 5.74) is 3.77. The predicted octanol–water partition coefficient (Wildman–Crippen LogP) is 1.53. The molecule has 180 valence electrons. The lowest BCUT2D eigenvalue weighted by molar-refractivity contribution is -1.02. The summed E-state index contributed by atoms with van der Waals surface area (Å²) in [4.78, 5) is 27.6. The standard InChI is InChI=1S/C26H30BrN3O4/c1-4-33-26(32)25-20-14-24(34-18(2)31)21(27)15-22(20)28(3)23(25)17-30-12-10-29(11-13-30)16-19-8-6-5-7-9-19/h5-9,14-15H,4,10-13,16-17H2,1-3H3/p+2. The van der Waals surface area contributed by atoms with Crippen LogP contribution in [0.5, 0.6) is 5.75 Å². The smallest absolute Gasteiger partial charge is 0.340 e. The molecule has 0 atom stereocenters. The number of fused-ring (bicyclic) bond motifs is 1. The van der Waals surface area contributed by atoms with E-state index in [1.54, 1.807) is 11.0 Å². The van der Waals surface area contributed by atoms with Crippen molar-refractivity contribution in [2.75, 3.05) is 32.8 Å². The number of aromatic nitrogens is 1. The lowest BCUT2D eigenvalue weighted by atomic mass is 10.1. The summed E-state index contributed by atoms with van der Waals surface area (Å²) >= 11 is 3.50. The van der Waals surface area contributed by atoms with Gasteiger partial charge in [-0.15, -0.1) is 0 Å². The van der Waals surface area contributed by atoms with E-state index in [9.17, 15) is 9.59 Å². The van der Waals surface area contributed by atoms with Crippen LogP contribution >= 0.6 is 15.9 Å². The van der Waals surface area contributed by atoms with Crippen molar-refractivity contribution in [1.82, 2.24) is 4.57 Å². The van der Waals surface area contributed by atoms with Gasteiger partial charge in [0.05, 0.1) is 27.9 Å². The van der Waals surface area contributed by atoms with Crippen molar-refractivity contribution in [2.45, 2.75) is 26.9 Å². The second-order valence-corrected chi connectivity index (χ2v) is 9.69. The van der Waals surface area contributed by atoms with Crippen LogP contribution in [0.4, 0.5) is 0 Å². The van der Waals surface area contributed by atoms with Crippen LogP contribution in [0, 0.1) is 0 Å². The monoisotopic (exact) mass is 529 g/mol. The van der Waals surface area contributed by atoms with Crippen molar-refractivity contribution in [3.8, 4) is 5.75 Å². The summed E-state index contributed by atoms with van der Waals surface area (Å²) in [7, 11) is 1.98. The van der Waals surface area contributed by atoms with Crippen LogP contribution in [0.1, 0.15) is 35.5 Å². The number of ether oxygens (including phenoxy) is 2. The molecule has 7 nitrogen and oxygen atoms in total. The molecular formula is C26H32BrN3O4+2. The molecule has 1 aromatic heterocycles. The average molecular weight is 530 g/mol. The molecule has 0 bridgehead atoms. The fourth-order valence-electron chi connectivity index (χ4n) is 4.79. The summed E-state index contributed by atoms with van der Waals surface area (Å²) in [5.74, 6) is -0.352. The molecule has 0 amide bonds. The number of esters is 2. The first-order chi connectivity index (χ1) is 16.4. The average Bonchev–Trinajstić information content (AvgIpc) is 3.06. The molecule has 1 fully saturated rings. The number of nitrogens with zero attached hydrogens (tertiary/aromatic N) is 1. The van der Waals surface area contributed by atoms with E-state index in [2.05, 4.69) is 50.8 Å². The van der Waals surface area contributed by atoms with Crippen LogP contribution in [-0.2, 0) is 29.7 Å². The molecule has 0 unspecified atom stereocenters. The fourth-order valence-corrected chi connectivity index (χ4v) is 5.20. The Morgan fingerprint density at radius 1 is 1.03 bits per heavy atom. The summed E-state index contributed by atoms with van der Waals surface area (Å²) in [6, 6.07) is 14.3. The zero-order valence-corrected chi connectivity index (χ0v) is 21.5. The van der Waals surface area contributed by atoms with Gasteiger partial charge in [0.2, 0.25) is 0 Å². The number of hydrogen-bond acceptors (Lipinski definition) is 4. The molecule has 0 radical (unpaired) electrons. The van der Waals surface area contributed by atoms with E-state index >= 15 is 0 Å². The Balaban J connectivity index is 1.59. The molecule has 1 aliphatic rings. The highest BCUT2D eigenvalue weighted by atomic mass is 79.9. The second-order valence-electron chi connectivity index (χ2n) is 8.83. The molecule has 0 saturated carbocycles. The molecule has 0 spiro atoms. The van der Waals surface area contributed by atoms with Crippen LogP contribution in [0.25, 0.3) is 10.9 Å². The normalized spacial score (nSPS) is 18.1. The van der Waals surface area contributed by atoms with Gasteiger partial charge in [-0.1, -0.05) is 30.3 Å². The van der Waals surface area contributed by atoms with Gasteiger partial charge in [-0.05, 0) is 35.0 Å². The van der Waals surface area contributed by atoms with Gasteiger partial charge < -0.3 is 23.8 Å². The Morgan fingerprint density at radius 3 is 2.29 bits per heavy atom. The van der Waals surface area contributed by atoms with Gasteiger partial charge in [0.1, 0.15) is 45.0 Å². The van der Waals surface area contributed by atoms with Crippen molar-refractivity contribution < 1.29 is 28.9 Å². The van der Waals surface area contributed by atoms with Crippen molar-refractivity contribution >= 4 is 38.8 Å². The number of piperazine rings is 1. The van der Waals surface area contributed by atoms with Gasteiger partial charge in [-0.25, -0.2) is 4.79 Å². The van der Waals surface area contributed by atoms with Gasteiger partial charge in [-0.3, -0.25) is 4.79 Å². The number of benzene rings is 2. The van der Waals surface area contributed by atoms with Gasteiger partial charge in [0.25, 0.3) is 0 Å². The van der Waals surface area contributed by atoms with E-state index in [0.29, 0.717) is 22.4 Å². The number of quaternary nitrogens is 2. The van der Waals surface area contributed by atoms with Gasteiger partial charge in [0.15, 0.2) is 0 Å². The SMILES string of the molecule is CCOC(=O)c1c(C[NH+]2CC[NH+](Cc3ccccc3)CC2)n(C)c2cc(Br)c(OC(C)=O)cc12. The minimum Gasteiger partial charge on any atom is -0.462 e. The summed E-state index contributed by atoms with van der Waals surface area (Å²) < 4.78 is 13.5. The molecule has 2 N–H and O–H groups in total. The van der Waals surface area contributed by atoms with Crippen molar-refractivity contribution in [3.63, 3.8) is 0 Å². The number of halogens is 1. The van der Waals surface area contributed by atoms with Crippen LogP contribution in [0.2, 0.25) is 0 Å². The maximum absolute atomic E-state index is 13.0. The number of hydrogen-bond donors (Lipinski definition) is 2. The zero-order chi connectivity index (χ0) is 24.2. The van der Waals surface area contributed by atoms with E-state index < -0.39 is 5.97 Å². The predicted molar refractivity (Wildman–Crippen MR) is 133 cm³/mol. The third kappa shape index (κ3) is 5.35. The van der Waals surface area contributed by atoms with Crippen LogP contribution in [0.15, 0.2) is 46.9 Å². The minimum absolute atomic E-state index is 0.302. The van der Waals surface area contributed by atoms with Crippen LogP contribution in [-0.4, -0.2) is 49.3 Å². The molecule has 1 aliphatic heterocycles. The fraction of sp³-hybridized carbons (Fsp3) is 0.385. The molecule has 3 aromatic rings. The topological polar surface area (TPSA) is 66.4 Å². The highest BCUT2D eigenvalue weighted by molar-refractivity contribution is 9.10. The Bertz CT molecular complexity index is 1180. The Labute approximate surface area is 208 Å². The van der Waals surface area contributed by atoms with Crippen molar-refractivity contribution in [2.24, 2.45) is 7.05 Å². The van der Waals surface area contributed by atoms with E-state index in [1.165, 1.54) is 17.4 Å². The third-order valence-electron chi connectivity index (χ3n) is 6.49. The molecule has 2 heterocycles. The Hall–Kier alpha value is -2.68. The van der Waals surface area contributed by atoms with Crippen molar-refractivity contribution in [3.05, 3.63) is 63.8 Å². The first-order valence-corrected chi connectivity index (χ1v) is 12.5. The van der Waals surface area contributed by atoms with Crippen LogP contribution in [0.3, 0.4) is 0 Å². The van der Waals surface area contributed by atoms with Crippen LogP contribution < -0.4 is 14.5 Å². The minimum atomic E-state index is -0.408. The number of rotatable bonds is 7. The van der Waals surface area contributed by atoms with E-state index in [0.717, 1.165) is 55.9 Å². The summed E-state index contributed by atoms with van der Waals surface area (Å²) in [6.07, 6.45) is 0. The lowest BCUT2D eigenvalue weighted by Crippen LogP contribution is -3.27. The number of carbonyl (C=O) groups excluding carboxylic acids is 2. The molecule has 4 rings (SSSR count). The molecule has 0 aliphatic carbocycles. The largest absolute Gasteiger partial charge is 0.462 e. The van der Waals surface area contributed by atoms with E-state index in [4.69, 9.17) is 9.47 Å². The molecule has 8 heteroatoms. The Morgan fingerprint density at radius 2 is 1.68 bits per heavy atom. The molecule has 1 saturated heterocycles. The van der Waals surface area contributed by atoms with Gasteiger partial charge in [-0.2, -0.15) is 0 Å². The quantitative estimate of drug-likeness (QED) is 0.360. The van der Waals surface area contributed by atoms with Crippen molar-refractivity contribution in [1.29, 1.82) is 0 Å². The van der Waals surface area contributed by atoms with Gasteiger partial charge in [0, 0.05) is 24.9 Å². The highest BCUT2D eigenvalue weighted by Gasteiger charge is 2.29. The Kier molecular flexibility index (Phi) is 7.70. The molecule has 2 aromatic carbocycles. The second kappa shape index (κ2) is 10.7. The third-order valence-corrected chi connectivity index (χ3v) is 7.11. The zero-order valence-electron chi connectivity index (χ0n) is 19.9. The van der Waals surface area contributed by atoms with E-state index in [-0.39, 0.29) is 5.97 Å². The number of aryl methyl sites for hydroxylation is 1. The first kappa shape index (κ1) is 24.4. The molecular weight excluding hydrogens is 498 g/mol. The molecule has 34 heavy (non-hydrogen) atoms. The first-order valence-electron chi connectivity index (χ1n) is 11.7.